The lowest BCUT2D eigenvalue weighted by Crippen LogP contribution is -2.27. The Morgan fingerprint density at radius 3 is 2.64 bits per heavy atom. The highest BCUT2D eigenvalue weighted by molar-refractivity contribution is 7.20. The van der Waals surface area contributed by atoms with Crippen molar-refractivity contribution in [2.45, 2.75) is 26.8 Å². The molecule has 1 atom stereocenters. The van der Waals surface area contributed by atoms with Gasteiger partial charge in [0.25, 0.3) is 0 Å². The maximum atomic E-state index is 12.6. The first-order valence-corrected chi connectivity index (χ1v) is 9.95. The molecule has 2 heterocycles. The predicted octanol–water partition coefficient (Wildman–Crippen LogP) is 5.86. The van der Waals surface area contributed by atoms with Crippen LogP contribution in [0.2, 0.25) is 5.02 Å². The monoisotopic (exact) mass is 390 g/mol. The van der Waals surface area contributed by atoms with Crippen molar-refractivity contribution in [3.05, 3.63) is 55.8 Å². The van der Waals surface area contributed by atoms with Crippen LogP contribution in [0.1, 0.15) is 33.4 Å². The summed E-state index contributed by atoms with van der Waals surface area (Å²) >= 11 is 9.66. The van der Waals surface area contributed by atoms with Crippen molar-refractivity contribution >= 4 is 56.3 Å². The molecule has 0 N–H and O–H groups in total. The summed E-state index contributed by atoms with van der Waals surface area (Å²) in [6.45, 7) is 6.00. The third-order valence-corrected chi connectivity index (χ3v) is 7.08. The molecule has 0 aliphatic carbocycles. The summed E-state index contributed by atoms with van der Waals surface area (Å²) in [5.74, 6) is -0.0496. The zero-order chi connectivity index (χ0) is 18.1. The first kappa shape index (κ1) is 18.1. The Morgan fingerprint density at radius 1 is 1.28 bits per heavy atom. The van der Waals surface area contributed by atoms with Gasteiger partial charge in [-0.25, -0.2) is 4.98 Å². The molecule has 25 heavy (non-hydrogen) atoms. The van der Waals surface area contributed by atoms with E-state index in [1.54, 1.807) is 33.6 Å². The van der Waals surface area contributed by atoms with Crippen LogP contribution in [-0.4, -0.2) is 22.8 Å². The van der Waals surface area contributed by atoms with Crippen LogP contribution in [0.3, 0.4) is 0 Å². The second kappa shape index (κ2) is 7.28. The van der Waals surface area contributed by atoms with Crippen molar-refractivity contribution in [1.29, 1.82) is 0 Å². The van der Waals surface area contributed by atoms with Gasteiger partial charge in [-0.2, -0.15) is 0 Å². The second-order valence-corrected chi connectivity index (χ2v) is 8.61. The fourth-order valence-corrected chi connectivity index (χ4v) is 5.13. The number of thiazole rings is 1. The van der Waals surface area contributed by atoms with Gasteiger partial charge in [0.2, 0.25) is 5.91 Å². The summed E-state index contributed by atoms with van der Waals surface area (Å²) in [4.78, 5) is 20.8. The number of hydrogen-bond donors (Lipinski definition) is 0. The molecule has 1 amide bonds. The summed E-state index contributed by atoms with van der Waals surface area (Å²) in [7, 11) is 1.82. The molecule has 0 radical (unpaired) electrons. The summed E-state index contributed by atoms with van der Waals surface area (Å²) in [5, 5.41) is 2.75. The Labute approximate surface area is 160 Å². The minimum absolute atomic E-state index is 0.0128. The molecule has 3 aromatic rings. The summed E-state index contributed by atoms with van der Waals surface area (Å²) in [6, 6.07) is 7.97. The Bertz CT molecular complexity index is 958. The molecule has 1 aromatic carbocycles. The van der Waals surface area contributed by atoms with E-state index in [1.807, 2.05) is 58.2 Å². The normalized spacial score (nSPS) is 12.8. The van der Waals surface area contributed by atoms with E-state index in [4.69, 9.17) is 11.6 Å². The van der Waals surface area contributed by atoms with Gasteiger partial charge in [-0.1, -0.05) is 29.8 Å². The number of amides is 1. The topological polar surface area (TPSA) is 33.2 Å². The number of carbonyl (C=O) groups is 1. The third kappa shape index (κ3) is 3.64. The van der Waals surface area contributed by atoms with Crippen molar-refractivity contribution in [1.82, 2.24) is 9.88 Å². The van der Waals surface area contributed by atoms with E-state index < -0.39 is 0 Å². The largest absolute Gasteiger partial charge is 0.335 e. The molecular weight excluding hydrogens is 372 g/mol. The van der Waals surface area contributed by atoms with Crippen LogP contribution in [0.15, 0.2) is 30.3 Å². The highest BCUT2D eigenvalue weighted by Gasteiger charge is 2.20. The van der Waals surface area contributed by atoms with Crippen LogP contribution in [0.25, 0.3) is 16.2 Å². The number of benzene rings is 1. The Kier molecular flexibility index (Phi) is 5.27. The van der Waals surface area contributed by atoms with E-state index in [0.29, 0.717) is 5.02 Å². The average molecular weight is 391 g/mol. The number of hydrogen-bond acceptors (Lipinski definition) is 4. The fourth-order valence-electron chi connectivity index (χ4n) is 2.71. The average Bonchev–Trinajstić information content (AvgIpc) is 3.10. The smallest absolute Gasteiger partial charge is 0.246 e. The predicted molar refractivity (Wildman–Crippen MR) is 109 cm³/mol. The van der Waals surface area contributed by atoms with E-state index in [1.165, 1.54) is 0 Å². The van der Waals surface area contributed by atoms with Gasteiger partial charge in [0, 0.05) is 33.0 Å². The molecule has 130 valence electrons. The molecule has 0 saturated heterocycles. The first-order valence-electron chi connectivity index (χ1n) is 7.94. The van der Waals surface area contributed by atoms with Crippen molar-refractivity contribution in [3.63, 3.8) is 0 Å². The summed E-state index contributed by atoms with van der Waals surface area (Å²) in [5.41, 5.74) is 0.992. The minimum Gasteiger partial charge on any atom is -0.335 e. The molecule has 0 fully saturated rings. The van der Waals surface area contributed by atoms with Gasteiger partial charge in [-0.3, -0.25) is 4.79 Å². The van der Waals surface area contributed by atoms with Crippen molar-refractivity contribution < 1.29 is 4.79 Å². The molecule has 0 aliphatic heterocycles. The molecule has 3 rings (SSSR count). The van der Waals surface area contributed by atoms with Crippen LogP contribution < -0.4 is 0 Å². The van der Waals surface area contributed by atoms with Crippen LogP contribution in [0.4, 0.5) is 0 Å². The molecule has 0 spiro atoms. The maximum Gasteiger partial charge on any atom is 0.246 e. The number of aryl methyl sites for hydroxylation is 2. The molecular formula is C19H19ClN2OS2. The van der Waals surface area contributed by atoms with Crippen molar-refractivity contribution in [2.24, 2.45) is 0 Å². The number of rotatable bonds is 4. The van der Waals surface area contributed by atoms with Crippen LogP contribution in [0, 0.1) is 13.8 Å². The van der Waals surface area contributed by atoms with E-state index in [2.05, 4.69) is 4.98 Å². The van der Waals surface area contributed by atoms with E-state index >= 15 is 0 Å². The van der Waals surface area contributed by atoms with Crippen LogP contribution in [0.5, 0.6) is 0 Å². The molecule has 6 heteroatoms. The molecule has 1 unspecified atom stereocenters. The molecule has 0 bridgehead atoms. The number of nitrogens with zero attached hydrogens (tertiary/aromatic N) is 2. The van der Waals surface area contributed by atoms with Crippen LogP contribution in [-0.2, 0) is 4.79 Å². The molecule has 2 aromatic heterocycles. The standard InChI is InChI=1S/C19H19ClN2OS2/c1-11-19(24-13(3)21-11)12(2)22(4)17(23)10-9-16-18(20)14-7-5-6-8-15(14)25-16/h5-10,12H,1-4H3/b10-9+. The van der Waals surface area contributed by atoms with Crippen molar-refractivity contribution in [2.75, 3.05) is 7.05 Å². The zero-order valence-corrected chi connectivity index (χ0v) is 16.9. The van der Waals surface area contributed by atoms with Gasteiger partial charge in [0.05, 0.1) is 21.8 Å². The lowest BCUT2D eigenvalue weighted by molar-refractivity contribution is -0.126. The fraction of sp³-hybridized carbons (Fsp3) is 0.263. The summed E-state index contributed by atoms with van der Waals surface area (Å²) < 4.78 is 1.12. The third-order valence-electron chi connectivity index (χ3n) is 4.18. The lowest BCUT2D eigenvalue weighted by Gasteiger charge is -2.23. The molecule has 0 aliphatic rings. The van der Waals surface area contributed by atoms with Gasteiger partial charge >= 0.3 is 0 Å². The molecule has 3 nitrogen and oxygen atoms in total. The van der Waals surface area contributed by atoms with Gasteiger partial charge in [-0.15, -0.1) is 22.7 Å². The first-order chi connectivity index (χ1) is 11.9. The van der Waals surface area contributed by atoms with Crippen LogP contribution >= 0.6 is 34.3 Å². The second-order valence-electron chi connectivity index (χ2n) is 5.92. The lowest BCUT2D eigenvalue weighted by atomic mass is 10.2. The number of carbonyl (C=O) groups excluding carboxylic acids is 1. The number of thiophene rings is 1. The van der Waals surface area contributed by atoms with Crippen molar-refractivity contribution in [3.8, 4) is 0 Å². The van der Waals surface area contributed by atoms with Gasteiger partial charge < -0.3 is 4.90 Å². The van der Waals surface area contributed by atoms with E-state index in [9.17, 15) is 4.79 Å². The minimum atomic E-state index is -0.0496. The Balaban J connectivity index is 1.79. The van der Waals surface area contributed by atoms with Gasteiger partial charge in [-0.05, 0) is 32.9 Å². The zero-order valence-electron chi connectivity index (χ0n) is 14.5. The number of halogens is 1. The van der Waals surface area contributed by atoms with Gasteiger partial charge in [0.15, 0.2) is 0 Å². The molecule has 0 saturated carbocycles. The quantitative estimate of drug-likeness (QED) is 0.522. The van der Waals surface area contributed by atoms with Gasteiger partial charge in [0.1, 0.15) is 0 Å². The number of fused-ring (bicyclic) bond motifs is 1. The van der Waals surface area contributed by atoms with E-state index in [-0.39, 0.29) is 11.9 Å². The SMILES string of the molecule is Cc1nc(C)c(C(C)N(C)C(=O)/C=C/c2sc3ccccc3c2Cl)s1. The maximum absolute atomic E-state index is 12.6. The highest BCUT2D eigenvalue weighted by atomic mass is 35.5. The summed E-state index contributed by atoms with van der Waals surface area (Å²) in [6.07, 6.45) is 3.40. The Morgan fingerprint density at radius 2 is 2.00 bits per heavy atom. The highest BCUT2D eigenvalue weighted by Crippen LogP contribution is 2.36. The number of aromatic nitrogens is 1. The van der Waals surface area contributed by atoms with E-state index in [0.717, 1.165) is 30.5 Å². The Hall–Kier alpha value is -1.69. The number of likely N-dealkylation sites (N-methyl/N-ethyl adjacent to an activating group) is 1.